The third-order valence-electron chi connectivity index (χ3n) is 2.59. The van der Waals surface area contributed by atoms with Crippen molar-refractivity contribution in [2.75, 3.05) is 7.05 Å². The van der Waals surface area contributed by atoms with Crippen LogP contribution in [-0.4, -0.2) is 7.05 Å². The normalized spacial score (nSPS) is 10.5. The predicted molar refractivity (Wildman–Crippen MR) is 62.6 cm³/mol. The Morgan fingerprint density at radius 3 is 2.71 bits per heavy atom. The van der Waals surface area contributed by atoms with Crippen molar-refractivity contribution in [3.8, 4) is 0 Å². The fourth-order valence-corrected chi connectivity index (χ4v) is 1.68. The van der Waals surface area contributed by atoms with Gasteiger partial charge in [-0.1, -0.05) is 31.5 Å². The molecule has 0 unspecified atom stereocenters. The SMILES string of the molecule is CCCCc1cc(CNC)ccc1C. The molecule has 1 heteroatoms. The smallest absolute Gasteiger partial charge is 0.0202 e. The number of aryl methyl sites for hydroxylation is 2. The second-order valence-electron chi connectivity index (χ2n) is 3.89. The largest absolute Gasteiger partial charge is 0.316 e. The van der Waals surface area contributed by atoms with Gasteiger partial charge in [0.1, 0.15) is 0 Å². The van der Waals surface area contributed by atoms with Crippen LogP contribution in [0.3, 0.4) is 0 Å². The van der Waals surface area contributed by atoms with Crippen molar-refractivity contribution >= 4 is 0 Å². The Labute approximate surface area is 87.5 Å². The fraction of sp³-hybridized carbons (Fsp3) is 0.538. The van der Waals surface area contributed by atoms with E-state index in [0.29, 0.717) is 0 Å². The molecule has 0 spiro atoms. The molecule has 0 aromatic heterocycles. The summed E-state index contributed by atoms with van der Waals surface area (Å²) in [4.78, 5) is 0. The standard InChI is InChI=1S/C13H21N/c1-4-5-6-13-9-12(10-14-3)8-7-11(13)2/h7-9,14H,4-6,10H2,1-3H3. The van der Waals surface area contributed by atoms with Crippen molar-refractivity contribution < 1.29 is 0 Å². The van der Waals surface area contributed by atoms with Crippen LogP contribution < -0.4 is 5.32 Å². The summed E-state index contributed by atoms with van der Waals surface area (Å²) in [5.74, 6) is 0. The second kappa shape index (κ2) is 5.82. The third kappa shape index (κ3) is 3.15. The van der Waals surface area contributed by atoms with Crippen LogP contribution in [0.1, 0.15) is 36.5 Å². The highest BCUT2D eigenvalue weighted by atomic mass is 14.8. The third-order valence-corrected chi connectivity index (χ3v) is 2.59. The monoisotopic (exact) mass is 191 g/mol. The van der Waals surface area contributed by atoms with E-state index >= 15 is 0 Å². The van der Waals surface area contributed by atoms with Gasteiger partial charge in [-0.25, -0.2) is 0 Å². The van der Waals surface area contributed by atoms with E-state index in [1.54, 1.807) is 0 Å². The lowest BCUT2D eigenvalue weighted by molar-refractivity contribution is 0.782. The van der Waals surface area contributed by atoms with Gasteiger partial charge in [0, 0.05) is 6.54 Å². The maximum Gasteiger partial charge on any atom is 0.0202 e. The fourth-order valence-electron chi connectivity index (χ4n) is 1.68. The number of hydrogen-bond donors (Lipinski definition) is 1. The van der Waals surface area contributed by atoms with Crippen LogP contribution in [0.2, 0.25) is 0 Å². The molecule has 0 heterocycles. The van der Waals surface area contributed by atoms with Gasteiger partial charge in [-0.3, -0.25) is 0 Å². The van der Waals surface area contributed by atoms with E-state index < -0.39 is 0 Å². The van der Waals surface area contributed by atoms with E-state index in [2.05, 4.69) is 37.4 Å². The molecule has 1 nitrogen and oxygen atoms in total. The minimum Gasteiger partial charge on any atom is -0.316 e. The molecule has 1 aromatic rings. The van der Waals surface area contributed by atoms with Gasteiger partial charge in [0.15, 0.2) is 0 Å². The Morgan fingerprint density at radius 1 is 1.29 bits per heavy atom. The van der Waals surface area contributed by atoms with Gasteiger partial charge in [-0.05, 0) is 43.5 Å². The first kappa shape index (κ1) is 11.3. The first-order valence-corrected chi connectivity index (χ1v) is 5.51. The Balaban J connectivity index is 2.74. The molecule has 0 saturated carbocycles. The number of benzene rings is 1. The Kier molecular flexibility index (Phi) is 4.68. The average molecular weight is 191 g/mol. The van der Waals surface area contributed by atoms with Crippen LogP contribution in [-0.2, 0) is 13.0 Å². The molecule has 78 valence electrons. The van der Waals surface area contributed by atoms with Crippen molar-refractivity contribution in [2.45, 2.75) is 39.7 Å². The Morgan fingerprint density at radius 2 is 2.07 bits per heavy atom. The van der Waals surface area contributed by atoms with Crippen LogP contribution in [0.4, 0.5) is 0 Å². The van der Waals surface area contributed by atoms with Crippen LogP contribution in [0, 0.1) is 6.92 Å². The molecule has 0 bridgehead atoms. The summed E-state index contributed by atoms with van der Waals surface area (Å²) in [5.41, 5.74) is 4.34. The highest BCUT2D eigenvalue weighted by Gasteiger charge is 1.99. The molecule has 0 atom stereocenters. The van der Waals surface area contributed by atoms with Gasteiger partial charge in [0.2, 0.25) is 0 Å². The summed E-state index contributed by atoms with van der Waals surface area (Å²) < 4.78 is 0. The Hall–Kier alpha value is -0.820. The van der Waals surface area contributed by atoms with Crippen LogP contribution in [0.25, 0.3) is 0 Å². The quantitative estimate of drug-likeness (QED) is 0.754. The maximum absolute atomic E-state index is 3.19. The van der Waals surface area contributed by atoms with E-state index in [1.807, 2.05) is 7.05 Å². The zero-order chi connectivity index (χ0) is 10.4. The van der Waals surface area contributed by atoms with Crippen molar-refractivity contribution in [1.82, 2.24) is 5.32 Å². The van der Waals surface area contributed by atoms with E-state index in [0.717, 1.165) is 6.54 Å². The van der Waals surface area contributed by atoms with E-state index in [9.17, 15) is 0 Å². The zero-order valence-corrected chi connectivity index (χ0v) is 9.56. The summed E-state index contributed by atoms with van der Waals surface area (Å²) in [5, 5.41) is 3.19. The molecule has 1 N–H and O–H groups in total. The molecular weight excluding hydrogens is 170 g/mol. The molecule has 0 aliphatic heterocycles. The number of rotatable bonds is 5. The van der Waals surface area contributed by atoms with Gasteiger partial charge in [-0.15, -0.1) is 0 Å². The predicted octanol–water partition coefficient (Wildman–Crippen LogP) is 3.06. The maximum atomic E-state index is 3.19. The van der Waals surface area contributed by atoms with Crippen molar-refractivity contribution in [2.24, 2.45) is 0 Å². The van der Waals surface area contributed by atoms with Crippen molar-refractivity contribution in [3.05, 3.63) is 34.9 Å². The van der Waals surface area contributed by atoms with Crippen molar-refractivity contribution in [1.29, 1.82) is 0 Å². The number of unbranched alkanes of at least 4 members (excludes halogenated alkanes) is 1. The molecule has 0 radical (unpaired) electrons. The molecule has 14 heavy (non-hydrogen) atoms. The second-order valence-corrected chi connectivity index (χ2v) is 3.89. The molecule has 1 rings (SSSR count). The highest BCUT2D eigenvalue weighted by molar-refractivity contribution is 5.31. The molecular formula is C13H21N. The first-order chi connectivity index (χ1) is 6.77. The molecule has 0 saturated heterocycles. The zero-order valence-electron chi connectivity index (χ0n) is 9.56. The summed E-state index contributed by atoms with van der Waals surface area (Å²) in [6.45, 7) is 5.42. The molecule has 0 amide bonds. The van der Waals surface area contributed by atoms with Gasteiger partial charge in [0.05, 0.1) is 0 Å². The molecule has 0 aliphatic rings. The first-order valence-electron chi connectivity index (χ1n) is 5.51. The summed E-state index contributed by atoms with van der Waals surface area (Å²) in [6.07, 6.45) is 3.79. The van der Waals surface area contributed by atoms with E-state index in [-0.39, 0.29) is 0 Å². The Bertz CT molecular complexity index is 279. The van der Waals surface area contributed by atoms with E-state index in [1.165, 1.54) is 36.0 Å². The van der Waals surface area contributed by atoms with Crippen molar-refractivity contribution in [3.63, 3.8) is 0 Å². The van der Waals surface area contributed by atoms with Gasteiger partial charge < -0.3 is 5.32 Å². The number of nitrogens with one attached hydrogen (secondary N) is 1. The minimum absolute atomic E-state index is 0.972. The van der Waals surface area contributed by atoms with Crippen LogP contribution in [0.5, 0.6) is 0 Å². The minimum atomic E-state index is 0.972. The summed E-state index contributed by atoms with van der Waals surface area (Å²) in [6, 6.07) is 6.78. The summed E-state index contributed by atoms with van der Waals surface area (Å²) in [7, 11) is 1.99. The highest BCUT2D eigenvalue weighted by Crippen LogP contribution is 2.13. The lowest BCUT2D eigenvalue weighted by Gasteiger charge is -2.08. The average Bonchev–Trinajstić information content (AvgIpc) is 2.19. The van der Waals surface area contributed by atoms with Gasteiger partial charge in [0.25, 0.3) is 0 Å². The van der Waals surface area contributed by atoms with Crippen LogP contribution in [0.15, 0.2) is 18.2 Å². The van der Waals surface area contributed by atoms with Gasteiger partial charge in [-0.2, -0.15) is 0 Å². The molecule has 1 aromatic carbocycles. The topological polar surface area (TPSA) is 12.0 Å². The number of hydrogen-bond acceptors (Lipinski definition) is 1. The lowest BCUT2D eigenvalue weighted by Crippen LogP contribution is -2.05. The molecule has 0 fully saturated rings. The van der Waals surface area contributed by atoms with Crippen LogP contribution >= 0.6 is 0 Å². The molecule has 0 aliphatic carbocycles. The van der Waals surface area contributed by atoms with Gasteiger partial charge >= 0.3 is 0 Å². The van der Waals surface area contributed by atoms with E-state index in [4.69, 9.17) is 0 Å². The lowest BCUT2D eigenvalue weighted by atomic mass is 10.0. The summed E-state index contributed by atoms with van der Waals surface area (Å²) >= 11 is 0.